The van der Waals surface area contributed by atoms with E-state index in [0.717, 1.165) is 4.52 Å². The maximum atomic E-state index is 13.8. The third kappa shape index (κ3) is 2.86. The smallest absolute Gasteiger partial charge is 0.343 e. The van der Waals surface area contributed by atoms with Gasteiger partial charge in [-0.2, -0.15) is 9.61 Å². The Labute approximate surface area is 141 Å². The summed E-state index contributed by atoms with van der Waals surface area (Å²) in [6, 6.07) is 5.97. The number of rotatable bonds is 4. The summed E-state index contributed by atoms with van der Waals surface area (Å²) < 4.78 is 19.8. The molecule has 0 bridgehead atoms. The molecule has 2 N–H and O–H groups in total. The number of carbonyl (C=O) groups excluding carboxylic acids is 1. The molecule has 0 saturated heterocycles. The third-order valence-corrected chi connectivity index (χ3v) is 3.84. The van der Waals surface area contributed by atoms with E-state index in [4.69, 9.17) is 4.74 Å². The lowest BCUT2D eigenvalue weighted by molar-refractivity contribution is 0.0527. The van der Waals surface area contributed by atoms with Gasteiger partial charge in [0.15, 0.2) is 5.65 Å². The van der Waals surface area contributed by atoms with Crippen molar-refractivity contribution >= 4 is 11.6 Å². The summed E-state index contributed by atoms with van der Waals surface area (Å²) in [4.78, 5) is 27.0. The highest BCUT2D eigenvalue weighted by Gasteiger charge is 2.23. The Bertz CT molecular complexity index is 1020. The number of hydrogen-bond acceptors (Lipinski definition) is 5. The molecule has 0 fully saturated rings. The van der Waals surface area contributed by atoms with E-state index in [1.165, 1.54) is 18.2 Å². The van der Waals surface area contributed by atoms with Gasteiger partial charge in [-0.05, 0) is 25.5 Å². The van der Waals surface area contributed by atoms with E-state index in [1.54, 1.807) is 19.9 Å². The van der Waals surface area contributed by atoms with Crippen LogP contribution >= 0.6 is 0 Å². The Balaban J connectivity index is 2.16. The van der Waals surface area contributed by atoms with Crippen molar-refractivity contribution in [3.63, 3.8) is 0 Å². The summed E-state index contributed by atoms with van der Waals surface area (Å²) in [5.74, 6) is -1.57. The van der Waals surface area contributed by atoms with Gasteiger partial charge in [-0.15, -0.1) is 0 Å². The van der Waals surface area contributed by atoms with Crippen molar-refractivity contribution in [2.24, 2.45) is 0 Å². The van der Waals surface area contributed by atoms with Crippen LogP contribution in [0.5, 0.6) is 5.88 Å². The molecular formula is C17H16FN3O4. The van der Waals surface area contributed by atoms with Crippen LogP contribution in [-0.2, 0) is 11.2 Å². The van der Waals surface area contributed by atoms with Crippen LogP contribution in [0.15, 0.2) is 29.1 Å². The largest absolute Gasteiger partial charge is 0.493 e. The molecule has 0 radical (unpaired) electrons. The number of nitrogens with one attached hydrogen (secondary N) is 1. The van der Waals surface area contributed by atoms with Crippen LogP contribution in [0.3, 0.4) is 0 Å². The third-order valence-electron chi connectivity index (χ3n) is 3.84. The van der Waals surface area contributed by atoms with Crippen molar-refractivity contribution in [2.45, 2.75) is 20.3 Å². The minimum atomic E-state index is -0.646. The molecule has 3 aromatic rings. The molecule has 0 amide bonds. The molecule has 8 heteroatoms. The van der Waals surface area contributed by atoms with E-state index in [2.05, 4.69) is 10.1 Å². The fourth-order valence-electron chi connectivity index (χ4n) is 2.65. The summed E-state index contributed by atoms with van der Waals surface area (Å²) in [6.45, 7) is 3.39. The Kier molecular flexibility index (Phi) is 4.26. The van der Waals surface area contributed by atoms with Gasteiger partial charge >= 0.3 is 5.97 Å². The maximum Gasteiger partial charge on any atom is 0.343 e. The zero-order chi connectivity index (χ0) is 18.1. The van der Waals surface area contributed by atoms with Gasteiger partial charge in [-0.25, -0.2) is 9.18 Å². The number of esters is 1. The van der Waals surface area contributed by atoms with Crippen molar-refractivity contribution in [3.8, 4) is 5.88 Å². The van der Waals surface area contributed by atoms with Crippen LogP contribution in [0.2, 0.25) is 0 Å². The molecule has 3 rings (SSSR count). The Morgan fingerprint density at radius 3 is 2.80 bits per heavy atom. The lowest BCUT2D eigenvalue weighted by Gasteiger charge is -2.07. The zero-order valence-electron chi connectivity index (χ0n) is 13.7. The van der Waals surface area contributed by atoms with Crippen LogP contribution in [-0.4, -0.2) is 32.3 Å². The van der Waals surface area contributed by atoms with Gasteiger partial charge in [-0.3, -0.25) is 4.79 Å². The number of nitrogens with zero attached hydrogens (tertiary/aromatic N) is 2. The average molecular weight is 345 g/mol. The number of ether oxygens (including phenoxy) is 1. The molecule has 2 aromatic heterocycles. The second kappa shape index (κ2) is 6.39. The monoisotopic (exact) mass is 345 g/mol. The number of hydrogen-bond donors (Lipinski definition) is 2. The standard InChI is InChI=1S/C17H16FN3O4/c1-3-25-17(24)13-9(2)20-21-14(13)19-15(22)11(16(21)23)8-10-6-4-5-7-12(10)18/h4-7,23H,3,8H2,1-2H3,(H,19,22). The van der Waals surface area contributed by atoms with Crippen LogP contribution in [0.4, 0.5) is 4.39 Å². The minimum Gasteiger partial charge on any atom is -0.493 e. The fraction of sp³-hybridized carbons (Fsp3) is 0.235. The van der Waals surface area contributed by atoms with Gasteiger partial charge in [0.25, 0.3) is 5.56 Å². The number of fused-ring (bicyclic) bond motifs is 1. The molecule has 0 aliphatic heterocycles. The lowest BCUT2D eigenvalue weighted by atomic mass is 10.1. The number of halogens is 1. The molecule has 1 aromatic carbocycles. The van der Waals surface area contributed by atoms with Gasteiger partial charge in [0, 0.05) is 6.42 Å². The lowest BCUT2D eigenvalue weighted by Crippen LogP contribution is -2.18. The minimum absolute atomic E-state index is 0.0377. The van der Waals surface area contributed by atoms with Crippen molar-refractivity contribution in [3.05, 3.63) is 62.8 Å². The number of carbonyl (C=O) groups is 1. The van der Waals surface area contributed by atoms with E-state index < -0.39 is 23.2 Å². The van der Waals surface area contributed by atoms with Crippen molar-refractivity contribution in [2.75, 3.05) is 6.61 Å². The number of aromatic nitrogens is 3. The molecule has 7 nitrogen and oxygen atoms in total. The van der Waals surface area contributed by atoms with Gasteiger partial charge in [0.05, 0.1) is 17.9 Å². The zero-order valence-corrected chi connectivity index (χ0v) is 13.7. The highest BCUT2D eigenvalue weighted by atomic mass is 19.1. The summed E-state index contributed by atoms with van der Waals surface area (Å²) in [7, 11) is 0. The van der Waals surface area contributed by atoms with Crippen molar-refractivity contribution in [1.82, 2.24) is 14.6 Å². The average Bonchev–Trinajstić information content (AvgIpc) is 2.89. The van der Waals surface area contributed by atoms with Crippen LogP contribution < -0.4 is 5.56 Å². The highest BCUT2D eigenvalue weighted by Crippen LogP contribution is 2.22. The van der Waals surface area contributed by atoms with Gasteiger partial charge in [0.1, 0.15) is 11.4 Å². The van der Waals surface area contributed by atoms with E-state index in [-0.39, 0.29) is 35.4 Å². The van der Waals surface area contributed by atoms with Gasteiger partial charge in [-0.1, -0.05) is 18.2 Å². The predicted octanol–water partition coefficient (Wildman–Crippen LogP) is 1.94. The first kappa shape index (κ1) is 16.7. The van der Waals surface area contributed by atoms with E-state index in [1.807, 2.05) is 0 Å². The molecule has 0 aliphatic carbocycles. The molecule has 0 aliphatic rings. The molecule has 0 spiro atoms. The summed E-state index contributed by atoms with van der Waals surface area (Å²) in [5.41, 5.74) is 0.00113. The number of H-pyrrole nitrogens is 1. The Morgan fingerprint density at radius 2 is 2.12 bits per heavy atom. The summed E-state index contributed by atoms with van der Waals surface area (Å²) in [5, 5.41) is 14.5. The molecule has 130 valence electrons. The second-order valence-corrected chi connectivity index (χ2v) is 5.47. The summed E-state index contributed by atoms with van der Waals surface area (Å²) >= 11 is 0. The number of aryl methyl sites for hydroxylation is 1. The highest BCUT2D eigenvalue weighted by molar-refractivity contribution is 5.97. The Hall–Kier alpha value is -3.16. The first-order chi connectivity index (χ1) is 11.9. The van der Waals surface area contributed by atoms with Crippen molar-refractivity contribution < 1.29 is 19.0 Å². The predicted molar refractivity (Wildman–Crippen MR) is 87.4 cm³/mol. The first-order valence-corrected chi connectivity index (χ1v) is 7.68. The molecule has 0 unspecified atom stereocenters. The van der Waals surface area contributed by atoms with Crippen molar-refractivity contribution in [1.29, 1.82) is 0 Å². The molecule has 0 atom stereocenters. The normalized spacial score (nSPS) is 11.0. The molecule has 0 saturated carbocycles. The van der Waals surface area contributed by atoms with Crippen LogP contribution in [0, 0.1) is 12.7 Å². The number of aromatic hydroxyl groups is 1. The second-order valence-electron chi connectivity index (χ2n) is 5.47. The van der Waals surface area contributed by atoms with Crippen LogP contribution in [0.1, 0.15) is 34.1 Å². The Morgan fingerprint density at radius 1 is 1.40 bits per heavy atom. The van der Waals surface area contributed by atoms with E-state index in [0.29, 0.717) is 5.69 Å². The summed E-state index contributed by atoms with van der Waals surface area (Å²) in [6.07, 6.45) is -0.114. The van der Waals surface area contributed by atoms with E-state index in [9.17, 15) is 19.1 Å². The van der Waals surface area contributed by atoms with Gasteiger partial charge in [0.2, 0.25) is 5.88 Å². The molecular weight excluding hydrogens is 329 g/mol. The van der Waals surface area contributed by atoms with E-state index >= 15 is 0 Å². The number of benzene rings is 1. The number of aromatic amines is 1. The maximum absolute atomic E-state index is 13.8. The SMILES string of the molecule is CCOC(=O)c1c(C)nn2c(O)c(Cc3ccccc3F)c(=O)[nH]c12. The molecule has 2 heterocycles. The topological polar surface area (TPSA) is 96.7 Å². The van der Waals surface area contributed by atoms with Gasteiger partial charge < -0.3 is 14.8 Å². The first-order valence-electron chi connectivity index (χ1n) is 7.68. The van der Waals surface area contributed by atoms with Crippen LogP contribution in [0.25, 0.3) is 5.65 Å². The quantitative estimate of drug-likeness (QED) is 0.705. The molecule has 25 heavy (non-hydrogen) atoms. The fourth-order valence-corrected chi connectivity index (χ4v) is 2.65.